The van der Waals surface area contributed by atoms with Gasteiger partial charge in [-0.1, -0.05) is 103 Å². The molecule has 2 heteroatoms. The van der Waals surface area contributed by atoms with Crippen LogP contribution in [-0.4, -0.2) is 19.5 Å². The molecule has 170 valence electrons. The van der Waals surface area contributed by atoms with Crippen molar-refractivity contribution in [3.8, 4) is 0 Å². The van der Waals surface area contributed by atoms with Gasteiger partial charge in [-0.15, -0.1) is 0 Å². The molecule has 0 aromatic heterocycles. The first-order valence-electron chi connectivity index (χ1n) is 12.8. The second-order valence-corrected chi connectivity index (χ2v) is 9.85. The quantitative estimate of drug-likeness (QED) is 0.213. The van der Waals surface area contributed by atoms with Crippen molar-refractivity contribution < 1.29 is 9.53 Å². The zero-order valence-electron chi connectivity index (χ0n) is 20.3. The summed E-state index contributed by atoms with van der Waals surface area (Å²) in [6.07, 6.45) is 22.8. The predicted octanol–water partition coefficient (Wildman–Crippen LogP) is 8.58. The average Bonchev–Trinajstić information content (AvgIpc) is 2.69. The van der Waals surface area contributed by atoms with Crippen LogP contribution < -0.4 is 0 Å². The molecule has 0 saturated heterocycles. The van der Waals surface area contributed by atoms with Gasteiger partial charge < -0.3 is 4.74 Å². The number of ether oxygens (including phenoxy) is 1. The van der Waals surface area contributed by atoms with Crippen molar-refractivity contribution >= 4 is 5.78 Å². The highest BCUT2D eigenvalue weighted by Crippen LogP contribution is 2.42. The first-order valence-corrected chi connectivity index (χ1v) is 12.8. The lowest BCUT2D eigenvalue weighted by molar-refractivity contribution is -0.117. The van der Waals surface area contributed by atoms with Gasteiger partial charge in [-0.2, -0.15) is 0 Å². The van der Waals surface area contributed by atoms with E-state index in [1.54, 1.807) is 7.11 Å². The van der Waals surface area contributed by atoms with Gasteiger partial charge >= 0.3 is 0 Å². The van der Waals surface area contributed by atoms with E-state index in [9.17, 15) is 4.79 Å². The molecule has 29 heavy (non-hydrogen) atoms. The summed E-state index contributed by atoms with van der Waals surface area (Å²) in [5, 5.41) is 0. The third-order valence-electron chi connectivity index (χ3n) is 6.77. The number of hydrogen-bond acceptors (Lipinski definition) is 2. The number of rotatable bonds is 18. The summed E-state index contributed by atoms with van der Waals surface area (Å²) < 4.78 is 5.09. The summed E-state index contributed by atoms with van der Waals surface area (Å²) in [5.41, 5.74) is 2.93. The van der Waals surface area contributed by atoms with Crippen molar-refractivity contribution in [2.45, 2.75) is 136 Å². The second kappa shape index (κ2) is 16.1. The van der Waals surface area contributed by atoms with E-state index in [0.717, 1.165) is 38.7 Å². The fourth-order valence-electron chi connectivity index (χ4n) is 4.83. The van der Waals surface area contributed by atoms with Gasteiger partial charge in [0.1, 0.15) is 0 Å². The summed E-state index contributed by atoms with van der Waals surface area (Å²) in [4.78, 5) is 12.4. The maximum Gasteiger partial charge on any atom is 0.158 e. The lowest BCUT2D eigenvalue weighted by atomic mass is 9.69. The third kappa shape index (κ3) is 11.4. The van der Waals surface area contributed by atoms with E-state index in [2.05, 4.69) is 20.8 Å². The molecular formula is C27H50O2. The highest BCUT2D eigenvalue weighted by molar-refractivity contribution is 5.97. The zero-order chi connectivity index (χ0) is 21.4. The van der Waals surface area contributed by atoms with Gasteiger partial charge in [0, 0.05) is 20.1 Å². The van der Waals surface area contributed by atoms with Crippen LogP contribution in [0.5, 0.6) is 0 Å². The largest absolute Gasteiger partial charge is 0.385 e. The standard InChI is InChI=1S/C27H50O2/c1-5-19-24-25(27(2,3)22-21-26(24)28)20-17-15-13-11-9-7-6-8-10-12-14-16-18-23-29-4/h5-23H2,1-4H3. The molecule has 0 aliphatic heterocycles. The van der Waals surface area contributed by atoms with E-state index in [0.29, 0.717) is 5.78 Å². The Morgan fingerprint density at radius 2 is 1.24 bits per heavy atom. The molecule has 0 N–H and O–H groups in total. The van der Waals surface area contributed by atoms with E-state index in [4.69, 9.17) is 4.74 Å². The Balaban J connectivity index is 2.05. The summed E-state index contributed by atoms with van der Waals surface area (Å²) in [6, 6.07) is 0. The number of carbonyl (C=O) groups is 1. The number of unbranched alkanes of at least 4 members (excludes halogenated alkanes) is 12. The summed E-state index contributed by atoms with van der Waals surface area (Å²) >= 11 is 0. The molecule has 0 atom stereocenters. The first kappa shape index (κ1) is 26.4. The van der Waals surface area contributed by atoms with Gasteiger partial charge in [-0.3, -0.25) is 4.79 Å². The van der Waals surface area contributed by atoms with E-state index < -0.39 is 0 Å². The molecule has 0 unspecified atom stereocenters. The van der Waals surface area contributed by atoms with Crippen molar-refractivity contribution in [2.75, 3.05) is 13.7 Å². The summed E-state index contributed by atoms with van der Waals surface area (Å²) in [7, 11) is 1.79. The molecular weight excluding hydrogens is 356 g/mol. The van der Waals surface area contributed by atoms with Crippen molar-refractivity contribution in [3.05, 3.63) is 11.1 Å². The molecule has 1 rings (SSSR count). The smallest absolute Gasteiger partial charge is 0.158 e. The number of allylic oxidation sites excluding steroid dienone is 2. The number of ketones is 1. The van der Waals surface area contributed by atoms with Crippen LogP contribution in [0, 0.1) is 5.41 Å². The highest BCUT2D eigenvalue weighted by Gasteiger charge is 2.32. The van der Waals surface area contributed by atoms with Crippen LogP contribution in [0.15, 0.2) is 11.1 Å². The second-order valence-electron chi connectivity index (χ2n) is 9.85. The summed E-state index contributed by atoms with van der Waals surface area (Å²) in [5.74, 6) is 0.441. The van der Waals surface area contributed by atoms with E-state index in [-0.39, 0.29) is 5.41 Å². The van der Waals surface area contributed by atoms with Crippen LogP contribution in [0.3, 0.4) is 0 Å². The highest BCUT2D eigenvalue weighted by atomic mass is 16.5. The van der Waals surface area contributed by atoms with Crippen LogP contribution in [0.4, 0.5) is 0 Å². The zero-order valence-corrected chi connectivity index (χ0v) is 20.3. The Kier molecular flexibility index (Phi) is 14.7. The third-order valence-corrected chi connectivity index (χ3v) is 6.77. The maximum absolute atomic E-state index is 12.4. The van der Waals surface area contributed by atoms with Gasteiger partial charge in [0.25, 0.3) is 0 Å². The Morgan fingerprint density at radius 3 is 1.72 bits per heavy atom. The van der Waals surface area contributed by atoms with Gasteiger partial charge in [-0.05, 0) is 43.1 Å². The van der Waals surface area contributed by atoms with Crippen LogP contribution in [0.2, 0.25) is 0 Å². The summed E-state index contributed by atoms with van der Waals surface area (Å²) in [6.45, 7) is 7.82. The Labute approximate surface area is 182 Å². The van der Waals surface area contributed by atoms with Crippen molar-refractivity contribution in [1.82, 2.24) is 0 Å². The lowest BCUT2D eigenvalue weighted by Gasteiger charge is -2.35. The maximum atomic E-state index is 12.4. The van der Waals surface area contributed by atoms with E-state index >= 15 is 0 Å². The average molecular weight is 407 g/mol. The predicted molar refractivity (Wildman–Crippen MR) is 126 cm³/mol. The van der Waals surface area contributed by atoms with Crippen molar-refractivity contribution in [2.24, 2.45) is 5.41 Å². The van der Waals surface area contributed by atoms with Crippen molar-refractivity contribution in [3.63, 3.8) is 0 Å². The fourth-order valence-corrected chi connectivity index (χ4v) is 4.83. The number of carbonyl (C=O) groups excluding carboxylic acids is 1. The number of hydrogen-bond donors (Lipinski definition) is 0. The van der Waals surface area contributed by atoms with Crippen LogP contribution in [-0.2, 0) is 9.53 Å². The number of methoxy groups -OCH3 is 1. The fraction of sp³-hybridized carbons (Fsp3) is 0.889. The minimum atomic E-state index is 0.238. The Morgan fingerprint density at radius 1 is 0.759 bits per heavy atom. The van der Waals surface area contributed by atoms with Crippen molar-refractivity contribution in [1.29, 1.82) is 0 Å². The van der Waals surface area contributed by atoms with Gasteiger partial charge in [0.05, 0.1) is 0 Å². The molecule has 0 radical (unpaired) electrons. The molecule has 2 nitrogen and oxygen atoms in total. The minimum absolute atomic E-state index is 0.238. The van der Waals surface area contributed by atoms with Crippen LogP contribution >= 0.6 is 0 Å². The van der Waals surface area contributed by atoms with Gasteiger partial charge in [0.2, 0.25) is 0 Å². The molecule has 0 amide bonds. The van der Waals surface area contributed by atoms with Gasteiger partial charge in [0.15, 0.2) is 5.78 Å². The molecule has 0 bridgehead atoms. The molecule has 0 heterocycles. The minimum Gasteiger partial charge on any atom is -0.385 e. The van der Waals surface area contributed by atoms with E-state index in [1.807, 2.05) is 0 Å². The topological polar surface area (TPSA) is 26.3 Å². The molecule has 1 aliphatic carbocycles. The van der Waals surface area contributed by atoms with Crippen LogP contribution in [0.25, 0.3) is 0 Å². The first-order chi connectivity index (χ1) is 14.0. The normalized spacial score (nSPS) is 16.6. The molecule has 0 fully saturated rings. The molecule has 1 aliphatic rings. The molecule has 0 spiro atoms. The lowest BCUT2D eigenvalue weighted by Crippen LogP contribution is -2.26. The molecule has 0 saturated carbocycles. The monoisotopic (exact) mass is 406 g/mol. The SMILES string of the molecule is CCCC1=C(CCCCCCCCCCCCCCCOC)C(C)(C)CCC1=O. The van der Waals surface area contributed by atoms with E-state index in [1.165, 1.54) is 94.6 Å². The molecule has 0 aromatic rings. The Bertz CT molecular complexity index is 461. The van der Waals surface area contributed by atoms with Gasteiger partial charge in [-0.25, -0.2) is 0 Å². The Hall–Kier alpha value is -0.630. The number of Topliss-reactive ketones (excluding diaryl/α,β-unsaturated/α-hetero) is 1. The molecule has 0 aromatic carbocycles. The van der Waals surface area contributed by atoms with Crippen LogP contribution in [0.1, 0.15) is 136 Å².